The molecule has 0 aromatic carbocycles. The zero-order valence-electron chi connectivity index (χ0n) is 9.48. The van der Waals surface area contributed by atoms with Crippen molar-refractivity contribution in [3.63, 3.8) is 0 Å². The number of nitrogens with one attached hydrogen (secondary N) is 1. The number of aryl methyl sites for hydroxylation is 1. The molecular formula is C11H17N3OS. The van der Waals surface area contributed by atoms with Crippen molar-refractivity contribution >= 4 is 16.5 Å². The van der Waals surface area contributed by atoms with Gasteiger partial charge in [0.1, 0.15) is 5.01 Å². The molecule has 2 heterocycles. The van der Waals surface area contributed by atoms with E-state index in [1.165, 1.54) is 12.8 Å². The van der Waals surface area contributed by atoms with E-state index in [1.54, 1.807) is 11.3 Å². The molecule has 0 amide bonds. The Morgan fingerprint density at radius 2 is 2.19 bits per heavy atom. The highest BCUT2D eigenvalue weighted by molar-refractivity contribution is 7.15. The molecule has 16 heavy (non-hydrogen) atoms. The van der Waals surface area contributed by atoms with E-state index in [4.69, 9.17) is 4.74 Å². The summed E-state index contributed by atoms with van der Waals surface area (Å²) in [5.41, 5.74) is 0. The van der Waals surface area contributed by atoms with Gasteiger partial charge in [-0.25, -0.2) is 0 Å². The maximum absolute atomic E-state index is 5.80. The molecule has 1 N–H and O–H groups in total. The molecule has 1 aromatic heterocycles. The highest BCUT2D eigenvalue weighted by Crippen LogP contribution is 2.38. The second kappa shape index (κ2) is 4.30. The molecule has 1 aliphatic carbocycles. The summed E-state index contributed by atoms with van der Waals surface area (Å²) in [6, 6.07) is 0.520. The van der Waals surface area contributed by atoms with Gasteiger partial charge in [-0.05, 0) is 38.5 Å². The molecule has 0 spiro atoms. The van der Waals surface area contributed by atoms with Gasteiger partial charge < -0.3 is 10.1 Å². The van der Waals surface area contributed by atoms with E-state index in [2.05, 4.69) is 15.5 Å². The van der Waals surface area contributed by atoms with Gasteiger partial charge in [0.15, 0.2) is 0 Å². The van der Waals surface area contributed by atoms with Crippen LogP contribution in [0.5, 0.6) is 0 Å². The molecule has 4 nitrogen and oxygen atoms in total. The molecule has 2 fully saturated rings. The van der Waals surface area contributed by atoms with Crippen LogP contribution >= 0.6 is 11.3 Å². The molecule has 0 bridgehead atoms. The Morgan fingerprint density at radius 3 is 2.88 bits per heavy atom. The van der Waals surface area contributed by atoms with Gasteiger partial charge >= 0.3 is 0 Å². The van der Waals surface area contributed by atoms with Crippen molar-refractivity contribution in [2.24, 2.45) is 5.92 Å². The molecular weight excluding hydrogens is 222 g/mol. The fraction of sp³-hybridized carbons (Fsp3) is 0.818. The van der Waals surface area contributed by atoms with Crippen molar-refractivity contribution in [3.8, 4) is 0 Å². The normalized spacial score (nSPS) is 30.3. The van der Waals surface area contributed by atoms with Crippen LogP contribution in [-0.4, -0.2) is 29.0 Å². The van der Waals surface area contributed by atoms with Crippen LogP contribution in [0.3, 0.4) is 0 Å². The quantitative estimate of drug-likeness (QED) is 0.878. The fourth-order valence-corrected chi connectivity index (χ4v) is 2.95. The van der Waals surface area contributed by atoms with Gasteiger partial charge in [-0.2, -0.15) is 0 Å². The van der Waals surface area contributed by atoms with Crippen molar-refractivity contribution in [1.29, 1.82) is 0 Å². The molecule has 1 aromatic rings. The van der Waals surface area contributed by atoms with Gasteiger partial charge in [-0.3, -0.25) is 0 Å². The minimum atomic E-state index is 0.486. The van der Waals surface area contributed by atoms with Gasteiger partial charge in [-0.15, -0.1) is 10.2 Å². The van der Waals surface area contributed by atoms with Gasteiger partial charge in [0.25, 0.3) is 0 Å². The van der Waals surface area contributed by atoms with Crippen molar-refractivity contribution in [1.82, 2.24) is 10.2 Å². The number of hydrogen-bond donors (Lipinski definition) is 1. The smallest absolute Gasteiger partial charge is 0.205 e. The molecule has 2 unspecified atom stereocenters. The lowest BCUT2D eigenvalue weighted by Gasteiger charge is -2.29. The van der Waals surface area contributed by atoms with Crippen LogP contribution in [0.2, 0.25) is 0 Å². The van der Waals surface area contributed by atoms with E-state index in [-0.39, 0.29) is 0 Å². The Labute approximate surface area is 99.4 Å². The van der Waals surface area contributed by atoms with E-state index in [1.807, 2.05) is 6.92 Å². The van der Waals surface area contributed by atoms with E-state index >= 15 is 0 Å². The molecule has 88 valence electrons. The molecule has 1 saturated heterocycles. The Bertz CT molecular complexity index is 364. The van der Waals surface area contributed by atoms with E-state index < -0.39 is 0 Å². The molecule has 5 heteroatoms. The monoisotopic (exact) mass is 239 g/mol. The number of hydrogen-bond acceptors (Lipinski definition) is 5. The van der Waals surface area contributed by atoms with Crippen LogP contribution in [0.25, 0.3) is 0 Å². The Morgan fingerprint density at radius 1 is 1.31 bits per heavy atom. The third-order valence-corrected chi connectivity index (χ3v) is 4.09. The summed E-state index contributed by atoms with van der Waals surface area (Å²) in [4.78, 5) is 0. The van der Waals surface area contributed by atoms with Crippen molar-refractivity contribution in [2.45, 2.75) is 44.8 Å². The maximum Gasteiger partial charge on any atom is 0.205 e. The minimum absolute atomic E-state index is 0.486. The Kier molecular flexibility index (Phi) is 2.81. The van der Waals surface area contributed by atoms with Gasteiger partial charge in [-0.1, -0.05) is 11.3 Å². The van der Waals surface area contributed by atoms with Crippen LogP contribution in [0, 0.1) is 12.8 Å². The SMILES string of the molecule is Cc1nnc(NC2CCOC(C3CC3)C2)s1. The third-order valence-electron chi connectivity index (χ3n) is 3.32. The molecule has 2 atom stereocenters. The number of rotatable bonds is 3. The molecule has 0 radical (unpaired) electrons. The number of aromatic nitrogens is 2. The van der Waals surface area contributed by atoms with Crippen molar-refractivity contribution in [2.75, 3.05) is 11.9 Å². The number of nitrogens with zero attached hydrogens (tertiary/aromatic N) is 2. The largest absolute Gasteiger partial charge is 0.378 e. The predicted molar refractivity (Wildman–Crippen MR) is 63.8 cm³/mol. The lowest BCUT2D eigenvalue weighted by molar-refractivity contribution is -0.00219. The average Bonchev–Trinajstić information content (AvgIpc) is 3.05. The summed E-state index contributed by atoms with van der Waals surface area (Å²) >= 11 is 1.63. The topological polar surface area (TPSA) is 47.0 Å². The van der Waals surface area contributed by atoms with Crippen LogP contribution in [0.15, 0.2) is 0 Å². The Hall–Kier alpha value is -0.680. The lowest BCUT2D eigenvalue weighted by Crippen LogP contribution is -2.35. The van der Waals surface area contributed by atoms with E-state index in [0.29, 0.717) is 12.1 Å². The maximum atomic E-state index is 5.80. The zero-order valence-corrected chi connectivity index (χ0v) is 10.3. The highest BCUT2D eigenvalue weighted by atomic mass is 32.1. The predicted octanol–water partition coefficient (Wildman–Crippen LogP) is 2.22. The second-order valence-electron chi connectivity index (χ2n) is 4.74. The van der Waals surface area contributed by atoms with E-state index in [0.717, 1.165) is 35.5 Å². The van der Waals surface area contributed by atoms with Crippen LogP contribution in [0.1, 0.15) is 30.7 Å². The first kappa shape index (κ1) is 10.5. The second-order valence-corrected chi connectivity index (χ2v) is 5.92. The lowest BCUT2D eigenvalue weighted by atomic mass is 10.0. The summed E-state index contributed by atoms with van der Waals surface area (Å²) in [6.45, 7) is 2.87. The zero-order chi connectivity index (χ0) is 11.0. The standard InChI is InChI=1S/C11H17N3OS/c1-7-13-14-11(16-7)12-9-4-5-15-10(6-9)8-2-3-8/h8-10H,2-6H2,1H3,(H,12,14). The van der Waals surface area contributed by atoms with Crippen LogP contribution in [-0.2, 0) is 4.74 Å². The minimum Gasteiger partial charge on any atom is -0.378 e. The molecule has 1 aliphatic heterocycles. The first-order valence-electron chi connectivity index (χ1n) is 5.99. The molecule has 2 aliphatic rings. The summed E-state index contributed by atoms with van der Waals surface area (Å²) < 4.78 is 5.80. The fourth-order valence-electron chi connectivity index (χ4n) is 2.29. The average molecular weight is 239 g/mol. The van der Waals surface area contributed by atoms with Crippen LogP contribution < -0.4 is 5.32 Å². The van der Waals surface area contributed by atoms with Gasteiger partial charge in [0.05, 0.1) is 6.10 Å². The number of anilines is 1. The Balaban J connectivity index is 1.57. The van der Waals surface area contributed by atoms with Gasteiger partial charge in [0.2, 0.25) is 5.13 Å². The van der Waals surface area contributed by atoms with Crippen LogP contribution in [0.4, 0.5) is 5.13 Å². The van der Waals surface area contributed by atoms with Crippen molar-refractivity contribution in [3.05, 3.63) is 5.01 Å². The number of ether oxygens (including phenoxy) is 1. The van der Waals surface area contributed by atoms with Crippen molar-refractivity contribution < 1.29 is 4.74 Å². The first-order valence-corrected chi connectivity index (χ1v) is 6.81. The molecule has 1 saturated carbocycles. The molecule has 3 rings (SSSR count). The third kappa shape index (κ3) is 2.35. The van der Waals surface area contributed by atoms with Gasteiger partial charge in [0, 0.05) is 12.6 Å². The highest BCUT2D eigenvalue weighted by Gasteiger charge is 2.35. The van der Waals surface area contributed by atoms with E-state index in [9.17, 15) is 0 Å². The summed E-state index contributed by atoms with van der Waals surface area (Å²) in [6.07, 6.45) is 5.41. The summed E-state index contributed by atoms with van der Waals surface area (Å²) in [5.74, 6) is 0.834. The first-order chi connectivity index (χ1) is 7.81. The summed E-state index contributed by atoms with van der Waals surface area (Å²) in [5, 5.41) is 13.6. The summed E-state index contributed by atoms with van der Waals surface area (Å²) in [7, 11) is 0.